The van der Waals surface area contributed by atoms with Gasteiger partial charge in [0.05, 0.1) is 6.61 Å². The van der Waals surface area contributed by atoms with Gasteiger partial charge in [0.2, 0.25) is 0 Å². The third-order valence-corrected chi connectivity index (χ3v) is 4.36. The molecule has 1 aliphatic rings. The van der Waals surface area contributed by atoms with Crippen LogP contribution in [0.25, 0.3) is 0 Å². The second-order valence-corrected chi connectivity index (χ2v) is 6.30. The number of ether oxygens (including phenoxy) is 1. The zero-order valence-electron chi connectivity index (χ0n) is 15.1. The summed E-state index contributed by atoms with van der Waals surface area (Å²) in [6.07, 6.45) is -3.34. The molecule has 1 saturated heterocycles. The molecule has 2 atom stereocenters. The fraction of sp³-hybridized carbons (Fsp3) is 0.211. The van der Waals surface area contributed by atoms with Gasteiger partial charge in [-0.1, -0.05) is 0 Å². The molecule has 2 aromatic rings. The van der Waals surface area contributed by atoms with Crippen LogP contribution in [-0.4, -0.2) is 48.1 Å². The number of halogens is 2. The van der Waals surface area contributed by atoms with Crippen LogP contribution < -0.4 is 16.0 Å². The van der Waals surface area contributed by atoms with E-state index in [1.165, 1.54) is 30.3 Å². The standard InChI is InChI=1S/C19H18F2N4O4/c20-13-6-5-12(9-14(13)21)25-7-8-29-16(19(25)28)15(26)18(27)24-11-3-1-10(2-4-11)17(22)23/h1-6,9,15-16,26H,7-8H2,(H3,22,23)(H,24,27)/t15-,16-/m1/s1. The number of morpholine rings is 1. The molecule has 3 rings (SSSR count). The molecule has 0 radical (unpaired) electrons. The van der Waals surface area contributed by atoms with Gasteiger partial charge in [-0.05, 0) is 36.4 Å². The number of anilines is 2. The van der Waals surface area contributed by atoms with Crippen molar-refractivity contribution in [1.29, 1.82) is 5.41 Å². The first-order valence-corrected chi connectivity index (χ1v) is 8.59. The number of carbonyl (C=O) groups excluding carboxylic acids is 2. The summed E-state index contributed by atoms with van der Waals surface area (Å²) in [6, 6.07) is 8.96. The van der Waals surface area contributed by atoms with Crippen molar-refractivity contribution >= 4 is 29.0 Å². The number of aliphatic hydroxyl groups excluding tert-OH is 1. The number of amidine groups is 1. The highest BCUT2D eigenvalue weighted by molar-refractivity contribution is 6.04. The smallest absolute Gasteiger partial charge is 0.259 e. The van der Waals surface area contributed by atoms with Crippen LogP contribution in [0.3, 0.4) is 0 Å². The molecule has 2 aromatic carbocycles. The van der Waals surface area contributed by atoms with Crippen LogP contribution in [0.15, 0.2) is 42.5 Å². The Labute approximate surface area is 164 Å². The van der Waals surface area contributed by atoms with Gasteiger partial charge in [0.1, 0.15) is 5.84 Å². The van der Waals surface area contributed by atoms with Gasteiger partial charge in [0.25, 0.3) is 11.8 Å². The summed E-state index contributed by atoms with van der Waals surface area (Å²) in [5.41, 5.74) is 6.22. The molecule has 1 heterocycles. The predicted octanol–water partition coefficient (Wildman–Crippen LogP) is 0.980. The highest BCUT2D eigenvalue weighted by Crippen LogP contribution is 2.23. The maximum atomic E-state index is 13.5. The van der Waals surface area contributed by atoms with Gasteiger partial charge < -0.3 is 25.8 Å². The first-order valence-electron chi connectivity index (χ1n) is 8.59. The fourth-order valence-corrected chi connectivity index (χ4v) is 2.83. The van der Waals surface area contributed by atoms with E-state index in [2.05, 4.69) is 5.32 Å². The second kappa shape index (κ2) is 8.33. The number of nitrogens with two attached hydrogens (primary N) is 1. The maximum absolute atomic E-state index is 13.5. The Morgan fingerprint density at radius 3 is 2.55 bits per heavy atom. The molecule has 0 unspecified atom stereocenters. The first kappa shape index (κ1) is 20.4. The van der Waals surface area contributed by atoms with Crippen molar-refractivity contribution in [3.8, 4) is 0 Å². The molecule has 29 heavy (non-hydrogen) atoms. The summed E-state index contributed by atoms with van der Waals surface area (Å²) >= 11 is 0. The zero-order valence-corrected chi connectivity index (χ0v) is 15.1. The molecular formula is C19H18F2N4O4. The van der Waals surface area contributed by atoms with Crippen LogP contribution in [0.4, 0.5) is 20.2 Å². The Hall–Kier alpha value is -3.37. The fourth-order valence-electron chi connectivity index (χ4n) is 2.83. The van der Waals surface area contributed by atoms with Gasteiger partial charge in [-0.3, -0.25) is 15.0 Å². The van der Waals surface area contributed by atoms with Crippen molar-refractivity contribution in [2.75, 3.05) is 23.4 Å². The lowest BCUT2D eigenvalue weighted by molar-refractivity contribution is -0.150. The molecule has 2 amide bonds. The molecule has 0 aliphatic carbocycles. The zero-order chi connectivity index (χ0) is 21.1. The molecule has 0 saturated carbocycles. The summed E-state index contributed by atoms with van der Waals surface area (Å²) in [6.45, 7) is 0.0499. The van der Waals surface area contributed by atoms with Crippen molar-refractivity contribution in [3.05, 3.63) is 59.7 Å². The van der Waals surface area contributed by atoms with E-state index in [0.717, 1.165) is 17.0 Å². The largest absolute Gasteiger partial charge is 0.384 e. The van der Waals surface area contributed by atoms with E-state index in [4.69, 9.17) is 15.9 Å². The van der Waals surface area contributed by atoms with Crippen molar-refractivity contribution in [2.24, 2.45) is 5.73 Å². The number of nitrogens with one attached hydrogen (secondary N) is 2. The van der Waals surface area contributed by atoms with Gasteiger partial charge in [0, 0.05) is 29.5 Å². The van der Waals surface area contributed by atoms with E-state index in [0.29, 0.717) is 11.3 Å². The normalized spacial score (nSPS) is 17.7. The number of nitrogens with zero attached hydrogens (tertiary/aromatic N) is 1. The van der Waals surface area contributed by atoms with E-state index in [1.54, 1.807) is 0 Å². The van der Waals surface area contributed by atoms with E-state index in [1.807, 2.05) is 0 Å². The Balaban J connectivity index is 1.71. The SMILES string of the molecule is N=C(N)c1ccc(NC(=O)[C@H](O)[C@H]2OCCN(c3ccc(F)c(F)c3)C2=O)cc1. The molecule has 1 aliphatic heterocycles. The van der Waals surface area contributed by atoms with Crippen molar-refractivity contribution in [1.82, 2.24) is 0 Å². The van der Waals surface area contributed by atoms with Crippen LogP contribution in [0.2, 0.25) is 0 Å². The maximum Gasteiger partial charge on any atom is 0.259 e. The number of nitrogen functional groups attached to an aromatic ring is 1. The number of benzene rings is 2. The molecule has 152 valence electrons. The van der Waals surface area contributed by atoms with E-state index in [-0.39, 0.29) is 24.7 Å². The van der Waals surface area contributed by atoms with Crippen LogP contribution >= 0.6 is 0 Å². The lowest BCUT2D eigenvalue weighted by Gasteiger charge is -2.34. The molecule has 8 nitrogen and oxygen atoms in total. The number of aliphatic hydroxyl groups is 1. The second-order valence-electron chi connectivity index (χ2n) is 6.30. The Morgan fingerprint density at radius 1 is 1.24 bits per heavy atom. The molecule has 0 aromatic heterocycles. The van der Waals surface area contributed by atoms with Crippen LogP contribution in [0.1, 0.15) is 5.56 Å². The quantitative estimate of drug-likeness (QED) is 0.436. The minimum absolute atomic E-state index is 0.00689. The van der Waals surface area contributed by atoms with Crippen LogP contribution in [0, 0.1) is 17.0 Å². The third-order valence-electron chi connectivity index (χ3n) is 4.36. The molecular weight excluding hydrogens is 386 g/mol. The van der Waals surface area contributed by atoms with E-state index >= 15 is 0 Å². The Morgan fingerprint density at radius 2 is 1.93 bits per heavy atom. The number of amides is 2. The van der Waals surface area contributed by atoms with Gasteiger partial charge in [0.15, 0.2) is 23.8 Å². The van der Waals surface area contributed by atoms with Crippen molar-refractivity contribution in [3.63, 3.8) is 0 Å². The number of rotatable bonds is 5. The Kier molecular flexibility index (Phi) is 5.85. The topological polar surface area (TPSA) is 129 Å². The highest BCUT2D eigenvalue weighted by atomic mass is 19.2. The number of hydrogen-bond donors (Lipinski definition) is 4. The molecule has 10 heteroatoms. The van der Waals surface area contributed by atoms with Crippen molar-refractivity contribution in [2.45, 2.75) is 12.2 Å². The van der Waals surface area contributed by atoms with Crippen LogP contribution in [0.5, 0.6) is 0 Å². The Bertz CT molecular complexity index is 952. The monoisotopic (exact) mass is 404 g/mol. The molecule has 5 N–H and O–H groups in total. The number of carbonyl (C=O) groups is 2. The predicted molar refractivity (Wildman–Crippen MR) is 101 cm³/mol. The van der Waals surface area contributed by atoms with E-state index in [9.17, 15) is 23.5 Å². The van der Waals surface area contributed by atoms with Gasteiger partial charge in [-0.25, -0.2) is 8.78 Å². The minimum atomic E-state index is -1.83. The summed E-state index contributed by atoms with van der Waals surface area (Å²) in [5, 5.41) is 20.1. The lowest BCUT2D eigenvalue weighted by atomic mass is 10.1. The number of hydrogen-bond acceptors (Lipinski definition) is 5. The van der Waals surface area contributed by atoms with Crippen molar-refractivity contribution < 1.29 is 28.2 Å². The molecule has 0 bridgehead atoms. The van der Waals surface area contributed by atoms with Gasteiger partial charge in [-0.2, -0.15) is 0 Å². The summed E-state index contributed by atoms with van der Waals surface area (Å²) in [4.78, 5) is 26.1. The van der Waals surface area contributed by atoms with Gasteiger partial charge in [-0.15, -0.1) is 0 Å². The minimum Gasteiger partial charge on any atom is -0.384 e. The average molecular weight is 404 g/mol. The molecule has 1 fully saturated rings. The van der Waals surface area contributed by atoms with Gasteiger partial charge >= 0.3 is 0 Å². The summed E-state index contributed by atoms with van der Waals surface area (Å²) in [5.74, 6) is -3.95. The third kappa shape index (κ3) is 4.39. The summed E-state index contributed by atoms with van der Waals surface area (Å²) in [7, 11) is 0. The lowest BCUT2D eigenvalue weighted by Crippen LogP contribution is -2.55. The highest BCUT2D eigenvalue weighted by Gasteiger charge is 2.39. The molecule has 0 spiro atoms. The average Bonchev–Trinajstić information content (AvgIpc) is 2.70. The first-order chi connectivity index (χ1) is 13.8. The van der Waals surface area contributed by atoms with E-state index < -0.39 is 35.7 Å². The van der Waals surface area contributed by atoms with Crippen LogP contribution in [-0.2, 0) is 14.3 Å². The summed E-state index contributed by atoms with van der Waals surface area (Å²) < 4.78 is 31.9.